The Hall–Kier alpha value is -1.64. The van der Waals surface area contributed by atoms with Crippen molar-refractivity contribution < 1.29 is 9.84 Å². The molecule has 4 rings (SSSR count). The van der Waals surface area contributed by atoms with Gasteiger partial charge in [-0.2, -0.15) is 0 Å². The van der Waals surface area contributed by atoms with Gasteiger partial charge in [-0.05, 0) is 78.9 Å². The van der Waals surface area contributed by atoms with Gasteiger partial charge in [-0.25, -0.2) is 0 Å². The van der Waals surface area contributed by atoms with Crippen molar-refractivity contribution in [1.82, 2.24) is 0 Å². The van der Waals surface area contributed by atoms with Crippen molar-refractivity contribution in [1.29, 1.82) is 0 Å². The van der Waals surface area contributed by atoms with Crippen LogP contribution >= 0.6 is 0 Å². The highest BCUT2D eigenvalue weighted by Gasteiger charge is 2.55. The third kappa shape index (κ3) is 3.63. The van der Waals surface area contributed by atoms with Gasteiger partial charge in [-0.3, -0.25) is 0 Å². The summed E-state index contributed by atoms with van der Waals surface area (Å²) in [6, 6.07) is 19.8. The van der Waals surface area contributed by atoms with Gasteiger partial charge in [0.25, 0.3) is 0 Å². The second-order valence-electron chi connectivity index (χ2n) is 10.5. The lowest BCUT2D eigenvalue weighted by atomic mass is 9.46. The summed E-state index contributed by atoms with van der Waals surface area (Å²) < 4.78 is 6.61. The molecular formula is C28H38O2. The van der Waals surface area contributed by atoms with Gasteiger partial charge < -0.3 is 9.84 Å². The van der Waals surface area contributed by atoms with Gasteiger partial charge >= 0.3 is 0 Å². The first kappa shape index (κ1) is 21.6. The van der Waals surface area contributed by atoms with Crippen molar-refractivity contribution in [3.63, 3.8) is 0 Å². The first-order valence-electron chi connectivity index (χ1n) is 11.7. The minimum atomic E-state index is -0.477. The van der Waals surface area contributed by atoms with Crippen LogP contribution in [0.2, 0.25) is 0 Å². The van der Waals surface area contributed by atoms with Crippen molar-refractivity contribution in [2.75, 3.05) is 0 Å². The zero-order valence-electron chi connectivity index (χ0n) is 19.3. The summed E-state index contributed by atoms with van der Waals surface area (Å²) in [6.07, 6.45) is 4.09. The molecule has 0 bridgehead atoms. The van der Waals surface area contributed by atoms with Gasteiger partial charge in [0.15, 0.2) is 0 Å². The highest BCUT2D eigenvalue weighted by Crippen LogP contribution is 2.61. The molecule has 2 aliphatic carbocycles. The van der Waals surface area contributed by atoms with Crippen molar-refractivity contribution in [2.45, 2.75) is 84.0 Å². The maximum absolute atomic E-state index is 10.2. The standard InChI is InChI=1S/C28H38O2/c1-19(29)20(2)30-26(22-12-7-6-8-13-22)24-17-18-28(5)23-14-10-9-11-21(23)15-16-25(28)27(24,3)4/h6-14,19-20,24-26,29H,15-18H2,1-5H3/t19-,20+,24+,25-,26?,28+/m0/s1. The van der Waals surface area contributed by atoms with E-state index in [0.29, 0.717) is 11.8 Å². The van der Waals surface area contributed by atoms with Crippen LogP contribution < -0.4 is 0 Å². The molecule has 6 atom stereocenters. The van der Waals surface area contributed by atoms with E-state index < -0.39 is 6.10 Å². The zero-order chi connectivity index (χ0) is 21.5. The highest BCUT2D eigenvalue weighted by molar-refractivity contribution is 5.39. The number of fused-ring (bicyclic) bond motifs is 3. The number of rotatable bonds is 5. The van der Waals surface area contributed by atoms with Crippen molar-refractivity contribution in [3.05, 3.63) is 71.3 Å². The van der Waals surface area contributed by atoms with E-state index in [4.69, 9.17) is 4.74 Å². The number of aliphatic hydroxyl groups is 1. The molecule has 1 saturated carbocycles. The van der Waals surface area contributed by atoms with Crippen LogP contribution in [0.3, 0.4) is 0 Å². The molecular weight excluding hydrogens is 368 g/mol. The molecule has 0 heterocycles. The van der Waals surface area contributed by atoms with Crippen LogP contribution in [-0.4, -0.2) is 17.3 Å². The van der Waals surface area contributed by atoms with E-state index in [1.807, 2.05) is 13.8 Å². The summed E-state index contributed by atoms with van der Waals surface area (Å²) >= 11 is 0. The van der Waals surface area contributed by atoms with Gasteiger partial charge in [-0.1, -0.05) is 75.4 Å². The molecule has 0 amide bonds. The van der Waals surface area contributed by atoms with E-state index in [1.165, 1.54) is 24.8 Å². The summed E-state index contributed by atoms with van der Waals surface area (Å²) in [6.45, 7) is 11.3. The predicted octanol–water partition coefficient (Wildman–Crippen LogP) is 6.47. The summed E-state index contributed by atoms with van der Waals surface area (Å²) in [4.78, 5) is 0. The zero-order valence-corrected chi connectivity index (χ0v) is 19.3. The van der Waals surface area contributed by atoms with Crippen LogP contribution in [0.5, 0.6) is 0 Å². The lowest BCUT2D eigenvalue weighted by Crippen LogP contribution is -2.53. The topological polar surface area (TPSA) is 29.5 Å². The maximum atomic E-state index is 10.2. The van der Waals surface area contributed by atoms with Crippen LogP contribution in [0.25, 0.3) is 0 Å². The number of ether oxygens (including phenoxy) is 1. The quantitative estimate of drug-likeness (QED) is 0.616. The van der Waals surface area contributed by atoms with Crippen LogP contribution in [0.1, 0.15) is 76.7 Å². The molecule has 0 radical (unpaired) electrons. The summed E-state index contributed by atoms with van der Waals surface area (Å²) in [7, 11) is 0. The molecule has 2 nitrogen and oxygen atoms in total. The van der Waals surface area contributed by atoms with Crippen molar-refractivity contribution >= 4 is 0 Å². The Morgan fingerprint density at radius 3 is 2.30 bits per heavy atom. The van der Waals surface area contributed by atoms with Gasteiger partial charge in [-0.15, -0.1) is 0 Å². The molecule has 2 aromatic rings. The molecule has 0 aliphatic heterocycles. The summed E-state index contributed by atoms with van der Waals surface area (Å²) in [5, 5.41) is 10.2. The van der Waals surface area contributed by atoms with E-state index >= 15 is 0 Å². The Morgan fingerprint density at radius 2 is 1.60 bits per heavy atom. The molecule has 162 valence electrons. The van der Waals surface area contributed by atoms with Crippen LogP contribution in [0, 0.1) is 17.3 Å². The second kappa shape index (κ2) is 8.13. The fourth-order valence-electron chi connectivity index (χ4n) is 6.62. The molecule has 1 unspecified atom stereocenters. The Morgan fingerprint density at radius 1 is 0.933 bits per heavy atom. The number of hydrogen-bond acceptors (Lipinski definition) is 2. The fraction of sp³-hybridized carbons (Fsp3) is 0.571. The summed E-state index contributed by atoms with van der Waals surface area (Å²) in [5.41, 5.74) is 4.72. The first-order chi connectivity index (χ1) is 14.2. The minimum absolute atomic E-state index is 0.00696. The van der Waals surface area contributed by atoms with E-state index in [2.05, 4.69) is 75.4 Å². The summed E-state index contributed by atoms with van der Waals surface area (Å²) in [5.74, 6) is 1.04. The predicted molar refractivity (Wildman–Crippen MR) is 124 cm³/mol. The molecule has 0 spiro atoms. The molecule has 0 aromatic heterocycles. The molecule has 1 fully saturated rings. The van der Waals surface area contributed by atoms with Gasteiger partial charge in [0.1, 0.15) is 0 Å². The molecule has 2 aromatic carbocycles. The number of hydrogen-bond donors (Lipinski definition) is 1. The van der Waals surface area contributed by atoms with E-state index in [1.54, 1.807) is 11.1 Å². The van der Waals surface area contributed by atoms with Crippen molar-refractivity contribution in [3.8, 4) is 0 Å². The lowest BCUT2D eigenvalue weighted by molar-refractivity contribution is -0.137. The molecule has 30 heavy (non-hydrogen) atoms. The van der Waals surface area contributed by atoms with Crippen LogP contribution in [0.15, 0.2) is 54.6 Å². The second-order valence-corrected chi connectivity index (χ2v) is 10.5. The smallest absolute Gasteiger partial charge is 0.0863 e. The SMILES string of the molecule is C[C@H](O)[C@@H](C)OC(c1ccccc1)[C@H]1CC[C@]2(C)c3ccccc3CC[C@H]2C1(C)C. The number of aliphatic hydroxyl groups excluding tert-OH is 1. The minimum Gasteiger partial charge on any atom is -0.391 e. The van der Waals surface area contributed by atoms with E-state index in [0.717, 1.165) is 6.42 Å². The third-order valence-corrected chi connectivity index (χ3v) is 8.47. The number of aryl methyl sites for hydroxylation is 1. The van der Waals surface area contributed by atoms with Gasteiger partial charge in [0.05, 0.1) is 18.3 Å². The lowest BCUT2D eigenvalue weighted by Gasteiger charge is -2.59. The van der Waals surface area contributed by atoms with E-state index in [-0.39, 0.29) is 23.0 Å². The Balaban J connectivity index is 1.71. The van der Waals surface area contributed by atoms with Gasteiger partial charge in [0, 0.05) is 0 Å². The Labute approximate surface area is 182 Å². The fourth-order valence-corrected chi connectivity index (χ4v) is 6.62. The van der Waals surface area contributed by atoms with Crippen LogP contribution in [0.4, 0.5) is 0 Å². The molecule has 1 N–H and O–H groups in total. The number of benzene rings is 2. The monoisotopic (exact) mass is 406 g/mol. The molecule has 2 aliphatic rings. The molecule has 0 saturated heterocycles. The Kier molecular flexibility index (Phi) is 5.85. The Bertz CT molecular complexity index is 856. The van der Waals surface area contributed by atoms with Crippen LogP contribution in [-0.2, 0) is 16.6 Å². The average Bonchev–Trinajstić information content (AvgIpc) is 2.73. The maximum Gasteiger partial charge on any atom is 0.0863 e. The van der Waals surface area contributed by atoms with Gasteiger partial charge in [0.2, 0.25) is 0 Å². The van der Waals surface area contributed by atoms with Crippen molar-refractivity contribution in [2.24, 2.45) is 17.3 Å². The average molecular weight is 407 g/mol. The molecule has 2 heteroatoms. The largest absolute Gasteiger partial charge is 0.391 e. The third-order valence-electron chi connectivity index (χ3n) is 8.47. The first-order valence-corrected chi connectivity index (χ1v) is 11.7. The van der Waals surface area contributed by atoms with E-state index in [9.17, 15) is 5.11 Å². The normalized spacial score (nSPS) is 30.6. The highest BCUT2D eigenvalue weighted by atomic mass is 16.5.